The molecule has 4 heterocycles. The third-order valence-corrected chi connectivity index (χ3v) is 5.69. The Balaban J connectivity index is 1.64. The van der Waals surface area contributed by atoms with Crippen LogP contribution in [-0.4, -0.2) is 80.8 Å². The number of hydrogen-bond acceptors (Lipinski definition) is 7. The zero-order chi connectivity index (χ0) is 27.0. The van der Waals surface area contributed by atoms with Crippen molar-refractivity contribution in [2.45, 2.75) is 38.6 Å². The summed E-state index contributed by atoms with van der Waals surface area (Å²) in [6, 6.07) is 0.559. The maximum absolute atomic E-state index is 12.9. The standard InChI is InChI=1S/C23H25ClF3N7O3/c1-22(2,3)37-21(36)33-4-5-34(17(11-33)20(35)31-12-23(25,26)27)18-10-28-9-16(32-18)15-8-30-19-14(15)6-13(24)7-29-19/h6-10,17H,4-5,11-12H2,1-3H3,(H,29,30)(H,31,35)/t17-/m1/s1. The second-order valence-electron chi connectivity index (χ2n) is 9.48. The molecule has 37 heavy (non-hydrogen) atoms. The number of pyridine rings is 1. The maximum Gasteiger partial charge on any atom is 0.410 e. The molecule has 4 rings (SSSR count). The van der Waals surface area contributed by atoms with Gasteiger partial charge < -0.3 is 24.8 Å². The molecular formula is C23H25ClF3N7O3. The maximum atomic E-state index is 12.9. The largest absolute Gasteiger partial charge is 0.444 e. The topological polar surface area (TPSA) is 116 Å². The van der Waals surface area contributed by atoms with Crippen LogP contribution in [0.2, 0.25) is 5.02 Å². The van der Waals surface area contributed by atoms with Gasteiger partial charge in [0.05, 0.1) is 29.7 Å². The Morgan fingerprint density at radius 2 is 1.97 bits per heavy atom. The molecule has 1 fully saturated rings. The summed E-state index contributed by atoms with van der Waals surface area (Å²) in [6.45, 7) is 3.67. The van der Waals surface area contributed by atoms with Crippen LogP contribution in [0.1, 0.15) is 20.8 Å². The van der Waals surface area contributed by atoms with Crippen molar-refractivity contribution in [2.75, 3.05) is 31.1 Å². The Morgan fingerprint density at radius 1 is 1.22 bits per heavy atom. The zero-order valence-corrected chi connectivity index (χ0v) is 21.0. The number of ether oxygens (including phenoxy) is 1. The minimum absolute atomic E-state index is 0.114. The molecule has 2 N–H and O–H groups in total. The molecule has 3 aromatic rings. The fourth-order valence-corrected chi connectivity index (χ4v) is 4.05. The number of aromatic amines is 1. The van der Waals surface area contributed by atoms with Gasteiger partial charge in [0.2, 0.25) is 5.91 Å². The molecule has 2 amide bonds. The Labute approximate surface area is 215 Å². The number of halogens is 4. The van der Waals surface area contributed by atoms with Crippen LogP contribution in [0.25, 0.3) is 22.3 Å². The summed E-state index contributed by atoms with van der Waals surface area (Å²) in [6.07, 6.45) is 0.865. The number of hydrogen-bond donors (Lipinski definition) is 2. The number of fused-ring (bicyclic) bond motifs is 1. The average Bonchev–Trinajstić information content (AvgIpc) is 3.23. The summed E-state index contributed by atoms with van der Waals surface area (Å²) in [5.41, 5.74) is 0.905. The van der Waals surface area contributed by atoms with Crippen molar-refractivity contribution in [1.82, 2.24) is 30.2 Å². The van der Waals surface area contributed by atoms with E-state index < -0.39 is 36.4 Å². The van der Waals surface area contributed by atoms with Crippen LogP contribution in [0.5, 0.6) is 0 Å². The van der Waals surface area contributed by atoms with E-state index in [1.807, 2.05) is 5.32 Å². The molecule has 1 aliphatic heterocycles. The van der Waals surface area contributed by atoms with Crippen molar-refractivity contribution >= 4 is 40.5 Å². The van der Waals surface area contributed by atoms with Gasteiger partial charge in [-0.25, -0.2) is 14.8 Å². The van der Waals surface area contributed by atoms with E-state index in [-0.39, 0.29) is 25.5 Å². The van der Waals surface area contributed by atoms with Crippen molar-refractivity contribution in [3.8, 4) is 11.3 Å². The van der Waals surface area contributed by atoms with Gasteiger partial charge in [-0.05, 0) is 26.8 Å². The molecule has 198 valence electrons. The van der Waals surface area contributed by atoms with Gasteiger partial charge in [-0.15, -0.1) is 0 Å². The Hall–Kier alpha value is -3.61. The minimum Gasteiger partial charge on any atom is -0.444 e. The lowest BCUT2D eigenvalue weighted by molar-refractivity contribution is -0.139. The van der Waals surface area contributed by atoms with Crippen LogP contribution in [-0.2, 0) is 9.53 Å². The molecule has 0 saturated carbocycles. The molecule has 1 atom stereocenters. The van der Waals surface area contributed by atoms with E-state index in [9.17, 15) is 22.8 Å². The number of H-pyrrole nitrogens is 1. The zero-order valence-electron chi connectivity index (χ0n) is 20.3. The van der Waals surface area contributed by atoms with Crippen LogP contribution < -0.4 is 10.2 Å². The second kappa shape index (κ2) is 10.0. The number of carbonyl (C=O) groups is 2. The van der Waals surface area contributed by atoms with Crippen LogP contribution in [0.3, 0.4) is 0 Å². The number of alkyl halides is 3. The number of nitrogens with one attached hydrogen (secondary N) is 2. The van der Waals surface area contributed by atoms with E-state index in [4.69, 9.17) is 16.3 Å². The first kappa shape index (κ1) is 26.5. The summed E-state index contributed by atoms with van der Waals surface area (Å²) >= 11 is 6.10. The highest BCUT2D eigenvalue weighted by Gasteiger charge is 2.38. The number of carbonyl (C=O) groups excluding carboxylic acids is 2. The van der Waals surface area contributed by atoms with E-state index in [2.05, 4.69) is 19.9 Å². The summed E-state index contributed by atoms with van der Waals surface area (Å²) < 4.78 is 43.8. The van der Waals surface area contributed by atoms with Gasteiger partial charge in [-0.1, -0.05) is 11.6 Å². The normalized spacial score (nSPS) is 16.7. The number of aromatic nitrogens is 4. The van der Waals surface area contributed by atoms with Crippen LogP contribution in [0.4, 0.5) is 23.8 Å². The highest BCUT2D eigenvalue weighted by molar-refractivity contribution is 6.31. The summed E-state index contributed by atoms with van der Waals surface area (Å²) in [4.78, 5) is 44.5. The van der Waals surface area contributed by atoms with E-state index in [0.717, 1.165) is 0 Å². The molecule has 0 spiro atoms. The minimum atomic E-state index is -4.59. The van der Waals surface area contributed by atoms with Crippen molar-refractivity contribution in [3.63, 3.8) is 0 Å². The number of rotatable bonds is 4. The number of piperazine rings is 1. The van der Waals surface area contributed by atoms with Crippen LogP contribution in [0.15, 0.2) is 30.9 Å². The highest BCUT2D eigenvalue weighted by atomic mass is 35.5. The third kappa shape index (κ3) is 6.40. The van der Waals surface area contributed by atoms with E-state index in [1.165, 1.54) is 28.4 Å². The van der Waals surface area contributed by atoms with E-state index in [1.54, 1.807) is 33.0 Å². The van der Waals surface area contributed by atoms with Crippen molar-refractivity contribution in [3.05, 3.63) is 35.9 Å². The van der Waals surface area contributed by atoms with Crippen LogP contribution in [0, 0.1) is 0 Å². The van der Waals surface area contributed by atoms with Gasteiger partial charge in [0.15, 0.2) is 0 Å². The summed E-state index contributed by atoms with van der Waals surface area (Å²) in [5.74, 6) is -0.640. The molecule has 0 aliphatic carbocycles. The first-order valence-electron chi connectivity index (χ1n) is 11.3. The van der Waals surface area contributed by atoms with Gasteiger partial charge >= 0.3 is 12.3 Å². The van der Waals surface area contributed by atoms with Crippen molar-refractivity contribution in [2.24, 2.45) is 0 Å². The summed E-state index contributed by atoms with van der Waals surface area (Å²) in [7, 11) is 0. The number of amides is 2. The monoisotopic (exact) mass is 539 g/mol. The molecule has 0 aromatic carbocycles. The first-order chi connectivity index (χ1) is 17.3. The van der Waals surface area contributed by atoms with E-state index in [0.29, 0.717) is 27.3 Å². The first-order valence-corrected chi connectivity index (χ1v) is 11.7. The number of nitrogens with zero attached hydrogens (tertiary/aromatic N) is 5. The molecule has 0 bridgehead atoms. The quantitative estimate of drug-likeness (QED) is 0.518. The lowest BCUT2D eigenvalue weighted by Gasteiger charge is -2.41. The van der Waals surface area contributed by atoms with Gasteiger partial charge in [-0.3, -0.25) is 9.78 Å². The van der Waals surface area contributed by atoms with Crippen molar-refractivity contribution < 1.29 is 27.5 Å². The highest BCUT2D eigenvalue weighted by Crippen LogP contribution is 2.30. The fourth-order valence-electron chi connectivity index (χ4n) is 3.89. The smallest absolute Gasteiger partial charge is 0.410 e. The Kier molecular flexibility index (Phi) is 7.18. The van der Waals surface area contributed by atoms with Gasteiger partial charge in [0, 0.05) is 36.4 Å². The van der Waals surface area contributed by atoms with Gasteiger partial charge in [0.25, 0.3) is 0 Å². The molecule has 0 unspecified atom stereocenters. The number of anilines is 1. The van der Waals surface area contributed by atoms with Gasteiger partial charge in [-0.2, -0.15) is 13.2 Å². The van der Waals surface area contributed by atoms with Crippen LogP contribution >= 0.6 is 11.6 Å². The Morgan fingerprint density at radius 3 is 2.68 bits per heavy atom. The van der Waals surface area contributed by atoms with Crippen molar-refractivity contribution in [1.29, 1.82) is 0 Å². The second-order valence-corrected chi connectivity index (χ2v) is 9.92. The molecule has 10 nitrogen and oxygen atoms in total. The third-order valence-electron chi connectivity index (χ3n) is 5.49. The van der Waals surface area contributed by atoms with E-state index >= 15 is 0 Å². The molecule has 0 radical (unpaired) electrons. The summed E-state index contributed by atoms with van der Waals surface area (Å²) in [5, 5.41) is 3.04. The average molecular weight is 540 g/mol. The molecule has 1 aliphatic rings. The molecular weight excluding hydrogens is 515 g/mol. The lowest BCUT2D eigenvalue weighted by Crippen LogP contribution is -2.61. The molecule has 3 aromatic heterocycles. The predicted molar refractivity (Wildman–Crippen MR) is 130 cm³/mol. The molecule has 1 saturated heterocycles. The Bertz CT molecular complexity index is 1310. The lowest BCUT2D eigenvalue weighted by atomic mass is 10.1. The van der Waals surface area contributed by atoms with Gasteiger partial charge in [0.1, 0.15) is 29.7 Å². The SMILES string of the molecule is CC(C)(C)OC(=O)N1CCN(c2cncc(-c3c[nH]c4ncc(Cl)cc34)n2)[C@@H](C(=O)NCC(F)(F)F)C1. The predicted octanol–water partition coefficient (Wildman–Crippen LogP) is 3.78. The molecule has 14 heteroatoms. The fraction of sp³-hybridized carbons (Fsp3) is 0.435.